The minimum Gasteiger partial charge on any atom is -0.456 e. The van der Waals surface area contributed by atoms with Crippen molar-refractivity contribution in [1.29, 1.82) is 0 Å². The van der Waals surface area contributed by atoms with Crippen molar-refractivity contribution in [2.75, 3.05) is 5.32 Å². The lowest BCUT2D eigenvalue weighted by Gasteiger charge is -2.14. The molecular formula is C17H18ClN3O3. The molecule has 2 aromatic carbocycles. The van der Waals surface area contributed by atoms with Gasteiger partial charge in [0, 0.05) is 18.2 Å². The molecule has 0 aliphatic heterocycles. The molecule has 0 fully saturated rings. The van der Waals surface area contributed by atoms with Crippen LogP contribution in [0.5, 0.6) is 11.5 Å². The van der Waals surface area contributed by atoms with E-state index in [0.717, 1.165) is 0 Å². The van der Waals surface area contributed by atoms with Crippen molar-refractivity contribution in [3.63, 3.8) is 0 Å². The van der Waals surface area contributed by atoms with Crippen LogP contribution < -0.4 is 21.1 Å². The first-order valence-corrected chi connectivity index (χ1v) is 7.70. The number of carbonyl (C=O) groups excluding carboxylic acids is 2. The number of amides is 3. The Labute approximate surface area is 144 Å². The number of halogens is 1. The first-order valence-electron chi connectivity index (χ1n) is 7.32. The minimum absolute atomic E-state index is 0.0675. The van der Waals surface area contributed by atoms with Crippen LogP contribution in [0.1, 0.15) is 13.3 Å². The molecule has 0 aliphatic rings. The molecule has 24 heavy (non-hydrogen) atoms. The molecule has 0 aromatic heterocycles. The summed E-state index contributed by atoms with van der Waals surface area (Å²) in [7, 11) is 0. The minimum atomic E-state index is -0.478. The van der Waals surface area contributed by atoms with Gasteiger partial charge in [-0.3, -0.25) is 4.79 Å². The molecular weight excluding hydrogens is 330 g/mol. The van der Waals surface area contributed by atoms with E-state index >= 15 is 0 Å². The maximum absolute atomic E-state index is 11.8. The normalized spacial score (nSPS) is 11.4. The van der Waals surface area contributed by atoms with Crippen LogP contribution in [-0.4, -0.2) is 18.0 Å². The smallest absolute Gasteiger partial charge is 0.319 e. The number of urea groups is 1. The number of para-hydroxylation sites is 1. The standard InChI is InChI=1S/C17H18ClN3O3/c1-11(9-16(19)22)20-17(23)21-12-7-8-15(14(18)10-12)24-13-5-3-2-4-6-13/h2-8,10-11H,9H2,1H3,(H2,19,22)(H2,20,21,23). The molecule has 1 unspecified atom stereocenters. The summed E-state index contributed by atoms with van der Waals surface area (Å²) in [5.74, 6) is 0.669. The molecule has 2 aromatic rings. The Balaban J connectivity index is 1.96. The van der Waals surface area contributed by atoms with Gasteiger partial charge in [-0.1, -0.05) is 29.8 Å². The van der Waals surface area contributed by atoms with Crippen LogP contribution in [0.25, 0.3) is 0 Å². The molecule has 0 aliphatic carbocycles. The van der Waals surface area contributed by atoms with Gasteiger partial charge in [-0.2, -0.15) is 0 Å². The average molecular weight is 348 g/mol. The number of primary amides is 1. The Hall–Kier alpha value is -2.73. The zero-order chi connectivity index (χ0) is 17.5. The van der Waals surface area contributed by atoms with Crippen molar-refractivity contribution in [3.05, 3.63) is 53.6 Å². The van der Waals surface area contributed by atoms with Crippen molar-refractivity contribution in [3.8, 4) is 11.5 Å². The van der Waals surface area contributed by atoms with Gasteiger partial charge in [0.25, 0.3) is 0 Å². The predicted molar refractivity (Wildman–Crippen MR) is 93.4 cm³/mol. The number of nitrogens with one attached hydrogen (secondary N) is 2. The molecule has 4 N–H and O–H groups in total. The van der Waals surface area contributed by atoms with Crippen LogP contribution in [0.2, 0.25) is 5.02 Å². The van der Waals surface area contributed by atoms with Crippen molar-refractivity contribution in [2.24, 2.45) is 5.73 Å². The number of hydrogen-bond acceptors (Lipinski definition) is 3. The van der Waals surface area contributed by atoms with Gasteiger partial charge in [0.1, 0.15) is 11.5 Å². The number of ether oxygens (including phenoxy) is 1. The number of carbonyl (C=O) groups is 2. The first-order chi connectivity index (χ1) is 11.4. The molecule has 2 rings (SSSR count). The Morgan fingerprint density at radius 3 is 2.54 bits per heavy atom. The van der Waals surface area contributed by atoms with E-state index in [1.807, 2.05) is 30.3 Å². The average Bonchev–Trinajstić information content (AvgIpc) is 2.50. The quantitative estimate of drug-likeness (QED) is 0.746. The number of rotatable bonds is 6. The number of anilines is 1. The second kappa shape index (κ2) is 8.21. The van der Waals surface area contributed by atoms with Gasteiger partial charge in [0.15, 0.2) is 0 Å². The number of benzene rings is 2. The molecule has 3 amide bonds. The van der Waals surface area contributed by atoms with E-state index in [-0.39, 0.29) is 12.5 Å². The molecule has 0 spiro atoms. The van der Waals surface area contributed by atoms with Crippen LogP contribution >= 0.6 is 11.6 Å². The molecule has 6 nitrogen and oxygen atoms in total. The molecule has 7 heteroatoms. The van der Waals surface area contributed by atoms with Crippen LogP contribution in [0.15, 0.2) is 48.5 Å². The topological polar surface area (TPSA) is 93.5 Å². The summed E-state index contributed by atoms with van der Waals surface area (Å²) in [6, 6.07) is 13.3. The van der Waals surface area contributed by atoms with Gasteiger partial charge >= 0.3 is 6.03 Å². The number of hydrogen-bond donors (Lipinski definition) is 3. The summed E-state index contributed by atoms with van der Waals surface area (Å²) in [5.41, 5.74) is 5.58. The second-order valence-electron chi connectivity index (χ2n) is 5.23. The predicted octanol–water partition coefficient (Wildman–Crippen LogP) is 3.52. The van der Waals surface area contributed by atoms with Gasteiger partial charge in [-0.15, -0.1) is 0 Å². The molecule has 0 radical (unpaired) electrons. The van der Waals surface area contributed by atoms with E-state index in [1.165, 1.54) is 0 Å². The van der Waals surface area contributed by atoms with E-state index < -0.39 is 11.9 Å². The highest BCUT2D eigenvalue weighted by molar-refractivity contribution is 6.32. The Bertz CT molecular complexity index is 722. The summed E-state index contributed by atoms with van der Waals surface area (Å²) >= 11 is 6.18. The highest BCUT2D eigenvalue weighted by Crippen LogP contribution is 2.31. The van der Waals surface area contributed by atoms with Crippen LogP contribution in [0.4, 0.5) is 10.5 Å². The zero-order valence-electron chi connectivity index (χ0n) is 13.1. The van der Waals surface area contributed by atoms with Crippen molar-refractivity contribution >= 4 is 29.2 Å². The fraction of sp³-hybridized carbons (Fsp3) is 0.176. The summed E-state index contributed by atoms with van der Waals surface area (Å²) in [5, 5.41) is 5.61. The van der Waals surface area contributed by atoms with Gasteiger partial charge in [-0.05, 0) is 37.3 Å². The molecule has 1 atom stereocenters. The lowest BCUT2D eigenvalue weighted by atomic mass is 10.2. The molecule has 0 saturated heterocycles. The third-order valence-electron chi connectivity index (χ3n) is 3.05. The third kappa shape index (κ3) is 5.48. The number of nitrogens with two attached hydrogens (primary N) is 1. The highest BCUT2D eigenvalue weighted by atomic mass is 35.5. The summed E-state index contributed by atoms with van der Waals surface area (Å²) in [6.45, 7) is 1.69. The van der Waals surface area contributed by atoms with Crippen molar-refractivity contribution < 1.29 is 14.3 Å². The maximum atomic E-state index is 11.8. The highest BCUT2D eigenvalue weighted by Gasteiger charge is 2.11. The summed E-state index contributed by atoms with van der Waals surface area (Å²) in [4.78, 5) is 22.6. The fourth-order valence-corrected chi connectivity index (χ4v) is 2.24. The SMILES string of the molecule is CC(CC(N)=O)NC(=O)Nc1ccc(Oc2ccccc2)c(Cl)c1. The van der Waals surface area contributed by atoms with Gasteiger partial charge in [-0.25, -0.2) is 4.79 Å². The monoisotopic (exact) mass is 347 g/mol. The maximum Gasteiger partial charge on any atom is 0.319 e. The molecule has 0 saturated carbocycles. The lowest BCUT2D eigenvalue weighted by molar-refractivity contribution is -0.118. The van der Waals surface area contributed by atoms with Gasteiger partial charge in [0.2, 0.25) is 5.91 Å². The van der Waals surface area contributed by atoms with Crippen molar-refractivity contribution in [2.45, 2.75) is 19.4 Å². The molecule has 0 bridgehead atoms. The second-order valence-corrected chi connectivity index (χ2v) is 5.64. The summed E-state index contributed by atoms with van der Waals surface area (Å²) < 4.78 is 5.67. The van der Waals surface area contributed by atoms with Gasteiger partial charge in [0.05, 0.1) is 5.02 Å². The molecule has 0 heterocycles. The van der Waals surface area contributed by atoms with Crippen molar-refractivity contribution in [1.82, 2.24) is 5.32 Å². The van der Waals surface area contributed by atoms with Gasteiger partial charge < -0.3 is 21.1 Å². The summed E-state index contributed by atoms with van der Waals surface area (Å²) in [6.07, 6.45) is 0.0675. The zero-order valence-corrected chi connectivity index (χ0v) is 13.8. The van der Waals surface area contributed by atoms with E-state index in [2.05, 4.69) is 10.6 Å². The van der Waals surface area contributed by atoms with Crippen LogP contribution in [0.3, 0.4) is 0 Å². The van der Waals surface area contributed by atoms with Crippen LogP contribution in [0, 0.1) is 0 Å². The van der Waals surface area contributed by atoms with E-state index in [1.54, 1.807) is 25.1 Å². The van der Waals surface area contributed by atoms with E-state index in [4.69, 9.17) is 22.1 Å². The van der Waals surface area contributed by atoms with E-state index in [9.17, 15) is 9.59 Å². The van der Waals surface area contributed by atoms with E-state index in [0.29, 0.717) is 22.2 Å². The fourth-order valence-electron chi connectivity index (χ4n) is 2.02. The third-order valence-corrected chi connectivity index (χ3v) is 3.34. The Morgan fingerprint density at radius 1 is 1.21 bits per heavy atom. The Morgan fingerprint density at radius 2 is 1.92 bits per heavy atom. The lowest BCUT2D eigenvalue weighted by Crippen LogP contribution is -2.38. The molecule has 126 valence electrons. The first kappa shape index (κ1) is 17.6. The Kier molecular flexibility index (Phi) is 6.03. The van der Waals surface area contributed by atoms with Crippen LogP contribution in [-0.2, 0) is 4.79 Å². The largest absolute Gasteiger partial charge is 0.456 e.